The first-order chi connectivity index (χ1) is 19.0. The molecule has 2 atom stereocenters. The molecule has 2 aliphatic rings. The van der Waals surface area contributed by atoms with Gasteiger partial charge >= 0.3 is 6.09 Å². The average molecular weight is 576 g/mol. The first-order valence-corrected chi connectivity index (χ1v) is 14.7. The van der Waals surface area contributed by atoms with Crippen LogP contribution >= 0.6 is 11.6 Å². The number of amides is 2. The Bertz CT molecular complexity index is 1000. The topological polar surface area (TPSA) is 85.9 Å². The number of hydrazine groups is 1. The van der Waals surface area contributed by atoms with Crippen LogP contribution in [-0.2, 0) is 9.53 Å². The lowest BCUT2D eigenvalue weighted by molar-refractivity contribution is -0.120. The number of allylic oxidation sites excluding steroid dienone is 5. The Labute approximate surface area is 247 Å². The monoisotopic (exact) mass is 575 g/mol. The van der Waals surface area contributed by atoms with Crippen molar-refractivity contribution in [3.8, 4) is 12.3 Å². The average Bonchev–Trinajstić information content (AvgIpc) is 3.13. The van der Waals surface area contributed by atoms with Crippen molar-refractivity contribution in [3.63, 3.8) is 0 Å². The number of halogens is 1. The van der Waals surface area contributed by atoms with E-state index < -0.39 is 11.7 Å². The minimum absolute atomic E-state index is 0.0843. The minimum Gasteiger partial charge on any atom is -0.444 e. The van der Waals surface area contributed by atoms with Crippen LogP contribution in [0.4, 0.5) is 4.79 Å². The van der Waals surface area contributed by atoms with Crippen LogP contribution in [0.5, 0.6) is 0 Å². The molecule has 0 aliphatic carbocycles. The van der Waals surface area contributed by atoms with Crippen LogP contribution in [-0.4, -0.2) is 59.3 Å². The SMILES string of the molecule is C#CC.C/C=C\C=C(/CCl)CCC1=C2C(=O)NC(CCC)=CN2N(C)C1NC[C@@H](CCC)NC(=O)OC(C)(C)C. The van der Waals surface area contributed by atoms with E-state index in [0.29, 0.717) is 24.5 Å². The number of carbonyl (C=O) groups excluding carboxylic acids is 2. The maximum Gasteiger partial charge on any atom is 0.407 e. The van der Waals surface area contributed by atoms with Crippen molar-refractivity contribution in [1.82, 2.24) is 26.0 Å². The molecular formula is C31H50ClN5O3. The van der Waals surface area contributed by atoms with Crippen LogP contribution in [0.3, 0.4) is 0 Å². The van der Waals surface area contributed by atoms with Gasteiger partial charge in [-0.2, -0.15) is 5.01 Å². The van der Waals surface area contributed by atoms with Gasteiger partial charge in [-0.3, -0.25) is 15.1 Å². The molecule has 9 heteroatoms. The number of ether oxygens (including phenoxy) is 1. The van der Waals surface area contributed by atoms with Gasteiger partial charge in [0.15, 0.2) is 0 Å². The molecule has 2 rings (SSSR count). The predicted molar refractivity (Wildman–Crippen MR) is 165 cm³/mol. The summed E-state index contributed by atoms with van der Waals surface area (Å²) < 4.78 is 5.47. The summed E-state index contributed by atoms with van der Waals surface area (Å²) in [6.45, 7) is 13.9. The third-order valence-electron chi connectivity index (χ3n) is 6.19. The van der Waals surface area contributed by atoms with Crippen LogP contribution in [0.1, 0.15) is 87.0 Å². The van der Waals surface area contributed by atoms with Gasteiger partial charge in [-0.15, -0.1) is 23.9 Å². The number of fused-ring (bicyclic) bond motifs is 1. The molecule has 0 aromatic rings. The molecule has 0 saturated carbocycles. The predicted octanol–water partition coefficient (Wildman–Crippen LogP) is 5.94. The highest BCUT2D eigenvalue weighted by molar-refractivity contribution is 6.19. The number of nitrogens with zero attached hydrogens (tertiary/aromatic N) is 2. The summed E-state index contributed by atoms with van der Waals surface area (Å²) in [6.07, 6.45) is 16.9. The highest BCUT2D eigenvalue weighted by Gasteiger charge is 2.41. The zero-order valence-electron chi connectivity index (χ0n) is 25.7. The van der Waals surface area contributed by atoms with E-state index >= 15 is 0 Å². The van der Waals surface area contributed by atoms with Crippen LogP contribution in [0, 0.1) is 12.3 Å². The van der Waals surface area contributed by atoms with Crippen LogP contribution in [0.2, 0.25) is 0 Å². The molecule has 0 radical (unpaired) electrons. The molecule has 0 aromatic heterocycles. The van der Waals surface area contributed by atoms with E-state index in [0.717, 1.165) is 48.9 Å². The summed E-state index contributed by atoms with van der Waals surface area (Å²) in [4.78, 5) is 25.7. The Morgan fingerprint density at radius 1 is 1.30 bits per heavy atom. The molecule has 0 saturated heterocycles. The molecule has 3 N–H and O–H groups in total. The van der Waals surface area contributed by atoms with E-state index in [9.17, 15) is 9.59 Å². The fourth-order valence-corrected chi connectivity index (χ4v) is 4.73. The summed E-state index contributed by atoms with van der Waals surface area (Å²) in [5.74, 6) is 2.61. The Balaban J connectivity index is 0.00000254. The maximum absolute atomic E-state index is 13.2. The van der Waals surface area contributed by atoms with Gasteiger partial charge in [0.2, 0.25) is 0 Å². The molecule has 0 aromatic carbocycles. The van der Waals surface area contributed by atoms with E-state index in [2.05, 4.69) is 47.2 Å². The molecule has 40 heavy (non-hydrogen) atoms. The van der Waals surface area contributed by atoms with Crippen LogP contribution < -0.4 is 16.0 Å². The Kier molecular flexibility index (Phi) is 15.8. The number of alkyl carbamates (subject to hydrolysis) is 1. The standard InChI is InChI=1S/C28H46ClN5O3.C3H4/c1-8-11-14-20(17-29)15-16-23-24-26(35)31-22(13-10-3)19-34(24)33(7)25(23)30-18-21(12-9-2)32-27(36)37-28(4,5)6;1-3-2/h8,11,14,19,21,25,30H,9-10,12-13,15-18H2,1-7H3,(H,31,35)(H,32,36);1H,2H3/b11-8-,20-14-;/t21-,25?;/m1./s1. The number of nitrogens with one attached hydrogen (secondary N) is 3. The van der Waals surface area contributed by atoms with Gasteiger partial charge in [-0.1, -0.05) is 50.5 Å². The highest BCUT2D eigenvalue weighted by atomic mass is 35.5. The zero-order valence-corrected chi connectivity index (χ0v) is 26.5. The van der Waals surface area contributed by atoms with Crippen molar-refractivity contribution in [2.75, 3.05) is 19.5 Å². The Hall–Kier alpha value is -2.73. The largest absolute Gasteiger partial charge is 0.444 e. The molecule has 2 amide bonds. The molecule has 0 spiro atoms. The molecule has 224 valence electrons. The lowest BCUT2D eigenvalue weighted by Gasteiger charge is -2.33. The zero-order chi connectivity index (χ0) is 30.3. The molecular weight excluding hydrogens is 526 g/mol. The van der Waals surface area contributed by atoms with Crippen molar-refractivity contribution >= 4 is 23.6 Å². The fourth-order valence-electron chi connectivity index (χ4n) is 4.51. The van der Waals surface area contributed by atoms with Gasteiger partial charge in [0.25, 0.3) is 5.91 Å². The molecule has 1 unspecified atom stereocenters. The lowest BCUT2D eigenvalue weighted by atomic mass is 10.0. The van der Waals surface area contributed by atoms with E-state index in [1.165, 1.54) is 0 Å². The minimum atomic E-state index is -0.559. The van der Waals surface area contributed by atoms with Crippen molar-refractivity contribution < 1.29 is 14.3 Å². The third kappa shape index (κ3) is 11.4. The second-order valence-corrected chi connectivity index (χ2v) is 11.1. The summed E-state index contributed by atoms with van der Waals surface area (Å²) in [5, 5.41) is 13.7. The number of hydrogen-bond donors (Lipinski definition) is 3. The number of rotatable bonds is 13. The summed E-state index contributed by atoms with van der Waals surface area (Å²) >= 11 is 6.21. The normalized spacial score (nSPS) is 18.4. The number of carbonyl (C=O) groups is 2. The summed E-state index contributed by atoms with van der Waals surface area (Å²) in [6, 6.07) is -0.106. The highest BCUT2D eigenvalue weighted by Crippen LogP contribution is 2.34. The number of terminal acetylenes is 1. The maximum atomic E-state index is 13.2. The number of hydrogen-bond acceptors (Lipinski definition) is 6. The van der Waals surface area contributed by atoms with Gasteiger partial charge in [0, 0.05) is 37.4 Å². The second kappa shape index (κ2) is 17.9. The van der Waals surface area contributed by atoms with Crippen LogP contribution in [0.25, 0.3) is 0 Å². The molecule has 2 aliphatic heterocycles. The third-order valence-corrected chi connectivity index (χ3v) is 6.53. The van der Waals surface area contributed by atoms with Crippen molar-refractivity contribution in [2.24, 2.45) is 0 Å². The quantitative estimate of drug-likeness (QED) is 0.143. The van der Waals surface area contributed by atoms with E-state index in [-0.39, 0.29) is 18.1 Å². The van der Waals surface area contributed by atoms with E-state index in [1.807, 2.05) is 64.2 Å². The smallest absolute Gasteiger partial charge is 0.407 e. The first kappa shape index (κ1) is 35.3. The van der Waals surface area contributed by atoms with Crippen molar-refractivity contribution in [3.05, 3.63) is 47.0 Å². The number of alkyl halides is 1. The Morgan fingerprint density at radius 2 is 1.98 bits per heavy atom. The van der Waals surface area contributed by atoms with Gasteiger partial charge in [-0.25, -0.2) is 4.79 Å². The van der Waals surface area contributed by atoms with Gasteiger partial charge in [0.1, 0.15) is 17.5 Å². The summed E-state index contributed by atoms with van der Waals surface area (Å²) in [5.41, 5.74) is 3.13. The lowest BCUT2D eigenvalue weighted by Crippen LogP contribution is -2.52. The van der Waals surface area contributed by atoms with E-state index in [4.69, 9.17) is 16.3 Å². The van der Waals surface area contributed by atoms with Crippen LogP contribution in [0.15, 0.2) is 47.0 Å². The Morgan fingerprint density at radius 3 is 2.52 bits per heavy atom. The van der Waals surface area contributed by atoms with Crippen molar-refractivity contribution in [2.45, 2.75) is 105 Å². The van der Waals surface area contributed by atoms with Gasteiger partial charge in [-0.05, 0) is 65.9 Å². The molecule has 0 fully saturated rings. The van der Waals surface area contributed by atoms with Gasteiger partial charge in [0.05, 0.1) is 0 Å². The van der Waals surface area contributed by atoms with Gasteiger partial charge < -0.3 is 15.4 Å². The fraction of sp³-hybridized carbons (Fsp3) is 0.613. The molecule has 2 heterocycles. The molecule has 0 bridgehead atoms. The number of likely N-dealkylation sites (N-methyl/N-ethyl adjacent to an activating group) is 1. The summed E-state index contributed by atoms with van der Waals surface area (Å²) in [7, 11) is 1.98. The van der Waals surface area contributed by atoms with Crippen molar-refractivity contribution in [1.29, 1.82) is 0 Å². The van der Waals surface area contributed by atoms with E-state index in [1.54, 1.807) is 6.92 Å². The second-order valence-electron chi connectivity index (χ2n) is 10.9. The first-order valence-electron chi connectivity index (χ1n) is 14.2. The molecule has 8 nitrogen and oxygen atoms in total.